The molecule has 1 aromatic heterocycles. The molecule has 1 aliphatic heterocycles. The van der Waals surface area contributed by atoms with Crippen LogP contribution in [0.4, 0.5) is 0 Å². The molecule has 1 aromatic rings. The van der Waals surface area contributed by atoms with Crippen molar-refractivity contribution in [2.75, 3.05) is 0 Å². The molecule has 4 rings (SSSR count). The fourth-order valence-electron chi connectivity index (χ4n) is 6.01. The Balaban J connectivity index is 1.70. The molecular formula is C20H26O4. The zero-order valence-electron chi connectivity index (χ0n) is 14.7. The maximum Gasteiger partial charge on any atom is 0.309 e. The van der Waals surface area contributed by atoms with Crippen molar-refractivity contribution in [3.05, 3.63) is 24.2 Å². The van der Waals surface area contributed by atoms with Crippen LogP contribution in [0.25, 0.3) is 0 Å². The molecule has 2 saturated carbocycles. The summed E-state index contributed by atoms with van der Waals surface area (Å²) in [6.07, 6.45) is 7.56. The number of rotatable bonds is 3. The molecule has 0 bridgehead atoms. The van der Waals surface area contributed by atoms with Gasteiger partial charge in [-0.15, -0.1) is 0 Å². The smallest absolute Gasteiger partial charge is 0.309 e. The molecule has 0 radical (unpaired) electrons. The van der Waals surface area contributed by atoms with Crippen LogP contribution in [0.1, 0.15) is 63.2 Å². The molecule has 0 amide bonds. The Morgan fingerprint density at radius 1 is 1.33 bits per heavy atom. The second-order valence-electron chi connectivity index (χ2n) is 8.58. The lowest BCUT2D eigenvalue weighted by molar-refractivity contribution is -0.148. The van der Waals surface area contributed by atoms with Gasteiger partial charge in [0.2, 0.25) is 0 Å². The lowest BCUT2D eigenvalue weighted by Gasteiger charge is -2.58. The van der Waals surface area contributed by atoms with Crippen molar-refractivity contribution in [2.45, 2.75) is 59.0 Å². The Bertz CT molecular complexity index is 663. The first-order chi connectivity index (χ1) is 11.4. The van der Waals surface area contributed by atoms with Crippen molar-refractivity contribution in [1.29, 1.82) is 0 Å². The first kappa shape index (κ1) is 15.9. The molecule has 24 heavy (non-hydrogen) atoms. The van der Waals surface area contributed by atoms with E-state index in [2.05, 4.69) is 20.8 Å². The molecule has 2 aliphatic carbocycles. The molecule has 0 aromatic carbocycles. The van der Waals surface area contributed by atoms with Gasteiger partial charge in [0.1, 0.15) is 12.4 Å². The van der Waals surface area contributed by atoms with Crippen LogP contribution in [0.2, 0.25) is 0 Å². The maximum absolute atomic E-state index is 12.8. The standard InChI is InChI=1S/C20H26O4/c1-12-9-17-20(3)14(18(22)24-17)5-4-6-16(20)19(12,2)10-15(21)13-7-8-23-11-13/h7-8,11-12,14,16-17H,4-6,9-10H2,1-3H3. The average molecular weight is 330 g/mol. The highest BCUT2D eigenvalue weighted by molar-refractivity contribution is 5.96. The van der Waals surface area contributed by atoms with E-state index in [1.807, 2.05) is 0 Å². The van der Waals surface area contributed by atoms with Crippen molar-refractivity contribution in [3.63, 3.8) is 0 Å². The molecule has 1 saturated heterocycles. The topological polar surface area (TPSA) is 56.5 Å². The predicted molar refractivity (Wildman–Crippen MR) is 88.4 cm³/mol. The number of hydrogen-bond acceptors (Lipinski definition) is 4. The van der Waals surface area contributed by atoms with E-state index >= 15 is 0 Å². The van der Waals surface area contributed by atoms with Crippen LogP contribution in [0.15, 0.2) is 23.0 Å². The van der Waals surface area contributed by atoms with Gasteiger partial charge in [-0.05, 0) is 42.6 Å². The monoisotopic (exact) mass is 330 g/mol. The summed E-state index contributed by atoms with van der Waals surface area (Å²) in [4.78, 5) is 25.2. The summed E-state index contributed by atoms with van der Waals surface area (Å²) in [5, 5.41) is 0. The van der Waals surface area contributed by atoms with E-state index in [0.717, 1.165) is 25.7 Å². The molecule has 6 unspecified atom stereocenters. The van der Waals surface area contributed by atoms with Gasteiger partial charge in [0.05, 0.1) is 17.7 Å². The highest BCUT2D eigenvalue weighted by Gasteiger charge is 2.66. The SMILES string of the molecule is CC1CC2OC(=O)C3CCCC(C1(C)CC(=O)c1ccoc1)C23C. The largest absolute Gasteiger partial charge is 0.472 e. The normalized spacial score (nSPS) is 44.0. The summed E-state index contributed by atoms with van der Waals surface area (Å²) in [6.45, 7) is 6.72. The van der Waals surface area contributed by atoms with E-state index in [0.29, 0.717) is 23.8 Å². The van der Waals surface area contributed by atoms with Gasteiger partial charge in [-0.25, -0.2) is 0 Å². The summed E-state index contributed by atoms with van der Waals surface area (Å²) >= 11 is 0. The Morgan fingerprint density at radius 2 is 2.12 bits per heavy atom. The van der Waals surface area contributed by atoms with Crippen molar-refractivity contribution < 1.29 is 18.7 Å². The first-order valence-electron chi connectivity index (χ1n) is 9.13. The van der Waals surface area contributed by atoms with Gasteiger partial charge in [-0.3, -0.25) is 9.59 Å². The fraction of sp³-hybridized carbons (Fsp3) is 0.700. The first-order valence-corrected chi connectivity index (χ1v) is 9.13. The van der Waals surface area contributed by atoms with Crippen LogP contribution >= 0.6 is 0 Å². The Kier molecular flexibility index (Phi) is 3.45. The lowest BCUT2D eigenvalue weighted by Crippen LogP contribution is -2.57. The molecule has 3 fully saturated rings. The van der Waals surface area contributed by atoms with Gasteiger partial charge in [-0.1, -0.05) is 27.2 Å². The van der Waals surface area contributed by atoms with Crippen molar-refractivity contribution >= 4 is 11.8 Å². The quantitative estimate of drug-likeness (QED) is 0.614. The van der Waals surface area contributed by atoms with Crippen LogP contribution in [-0.4, -0.2) is 17.9 Å². The van der Waals surface area contributed by atoms with Gasteiger partial charge < -0.3 is 9.15 Å². The zero-order valence-corrected chi connectivity index (χ0v) is 14.7. The van der Waals surface area contributed by atoms with Gasteiger partial charge in [0.25, 0.3) is 0 Å². The van der Waals surface area contributed by atoms with E-state index in [1.165, 1.54) is 6.26 Å². The third-order valence-electron chi connectivity index (χ3n) is 7.60. The van der Waals surface area contributed by atoms with Crippen LogP contribution in [0.5, 0.6) is 0 Å². The summed E-state index contributed by atoms with van der Waals surface area (Å²) < 4.78 is 10.9. The third kappa shape index (κ3) is 1.98. The Hall–Kier alpha value is -1.58. The van der Waals surface area contributed by atoms with Gasteiger partial charge in [0.15, 0.2) is 5.78 Å². The number of ether oxygens (including phenoxy) is 1. The molecule has 130 valence electrons. The van der Waals surface area contributed by atoms with E-state index in [1.54, 1.807) is 12.3 Å². The number of carbonyl (C=O) groups is 2. The molecule has 0 spiro atoms. The minimum absolute atomic E-state index is 0.00943. The number of carbonyl (C=O) groups excluding carboxylic acids is 2. The molecule has 4 heteroatoms. The molecule has 6 atom stereocenters. The average Bonchev–Trinajstić information content (AvgIpc) is 3.14. The summed E-state index contributed by atoms with van der Waals surface area (Å²) in [5.74, 6) is 0.843. The third-order valence-corrected chi connectivity index (χ3v) is 7.60. The molecule has 2 heterocycles. The minimum atomic E-state index is -0.118. The lowest BCUT2D eigenvalue weighted by atomic mass is 9.44. The molecule has 0 N–H and O–H groups in total. The van der Waals surface area contributed by atoms with Gasteiger partial charge >= 0.3 is 5.97 Å². The minimum Gasteiger partial charge on any atom is -0.472 e. The zero-order chi connectivity index (χ0) is 17.1. The summed E-state index contributed by atoms with van der Waals surface area (Å²) in [6, 6.07) is 1.75. The highest BCUT2D eigenvalue weighted by atomic mass is 16.6. The second kappa shape index (κ2) is 5.21. The number of ketones is 1. The van der Waals surface area contributed by atoms with E-state index in [4.69, 9.17) is 9.15 Å². The Labute approximate surface area is 142 Å². The molecule has 3 aliphatic rings. The highest BCUT2D eigenvalue weighted by Crippen LogP contribution is 2.66. The van der Waals surface area contributed by atoms with E-state index < -0.39 is 0 Å². The number of Topliss-reactive ketones (excluding diaryl/α,β-unsaturated/α-hetero) is 1. The van der Waals surface area contributed by atoms with Crippen LogP contribution in [0.3, 0.4) is 0 Å². The Morgan fingerprint density at radius 3 is 2.83 bits per heavy atom. The predicted octanol–water partition coefficient (Wildman–Crippen LogP) is 4.25. The summed E-state index contributed by atoms with van der Waals surface area (Å²) in [7, 11) is 0. The van der Waals surface area contributed by atoms with Crippen molar-refractivity contribution in [2.24, 2.45) is 28.6 Å². The molecular weight excluding hydrogens is 304 g/mol. The van der Waals surface area contributed by atoms with E-state index in [-0.39, 0.29) is 34.6 Å². The van der Waals surface area contributed by atoms with Crippen molar-refractivity contribution in [3.8, 4) is 0 Å². The number of furan rings is 1. The number of hydrogen-bond donors (Lipinski definition) is 0. The van der Waals surface area contributed by atoms with Crippen LogP contribution in [0, 0.1) is 28.6 Å². The van der Waals surface area contributed by atoms with Gasteiger partial charge in [0, 0.05) is 11.8 Å². The number of esters is 1. The van der Waals surface area contributed by atoms with Gasteiger partial charge in [-0.2, -0.15) is 0 Å². The van der Waals surface area contributed by atoms with Crippen molar-refractivity contribution in [1.82, 2.24) is 0 Å². The van der Waals surface area contributed by atoms with Crippen LogP contribution in [-0.2, 0) is 9.53 Å². The maximum atomic E-state index is 12.8. The van der Waals surface area contributed by atoms with Crippen LogP contribution < -0.4 is 0 Å². The fourth-order valence-corrected chi connectivity index (χ4v) is 6.01. The second-order valence-corrected chi connectivity index (χ2v) is 8.58. The van der Waals surface area contributed by atoms with E-state index in [9.17, 15) is 9.59 Å². The summed E-state index contributed by atoms with van der Waals surface area (Å²) in [5.41, 5.74) is 0.432. The molecule has 4 nitrogen and oxygen atoms in total.